The smallest absolute Gasteiger partial charge is 0.135 e. The lowest BCUT2D eigenvalue weighted by Gasteiger charge is -2.27. The van der Waals surface area contributed by atoms with Crippen LogP contribution in [0.3, 0.4) is 0 Å². The Kier molecular flexibility index (Phi) is 3.38. The molecule has 0 saturated carbocycles. The fraction of sp³-hybridized carbons (Fsp3) is 0.214. The summed E-state index contributed by atoms with van der Waals surface area (Å²) in [6, 6.07) is 16.3. The van der Waals surface area contributed by atoms with Crippen molar-refractivity contribution in [2.75, 3.05) is 23.5 Å². The van der Waals surface area contributed by atoms with Crippen LogP contribution in [-0.2, 0) is 0 Å². The Balaban J connectivity index is 2.29. The van der Waals surface area contributed by atoms with Crippen LogP contribution in [0.2, 0.25) is 0 Å². The van der Waals surface area contributed by atoms with Crippen molar-refractivity contribution < 1.29 is 0 Å². The number of nitrogens with zero attached hydrogens (tertiary/aromatic N) is 1. The van der Waals surface area contributed by atoms with E-state index in [1.165, 1.54) is 0 Å². The molecule has 0 aliphatic carbocycles. The Morgan fingerprint density at radius 3 is 2.24 bits per heavy atom. The Bertz CT molecular complexity index is 489. The van der Waals surface area contributed by atoms with Gasteiger partial charge in [-0.05, 0) is 30.9 Å². The number of pyridine rings is 1. The molecular weight excluding hydrogens is 228 g/mol. The third-order valence-electron chi connectivity index (χ3n) is 2.23. The van der Waals surface area contributed by atoms with Crippen molar-refractivity contribution in [2.24, 2.45) is 0 Å². The maximum absolute atomic E-state index is 4.64. The molecule has 1 aromatic heterocycles. The molecule has 3 heteroatoms. The van der Waals surface area contributed by atoms with E-state index in [4.69, 9.17) is 0 Å². The van der Waals surface area contributed by atoms with Gasteiger partial charge in [0.1, 0.15) is 5.82 Å². The second-order valence-electron chi connectivity index (χ2n) is 4.71. The van der Waals surface area contributed by atoms with Gasteiger partial charge in [0.05, 0.1) is 5.69 Å². The van der Waals surface area contributed by atoms with Gasteiger partial charge in [-0.15, -0.1) is 0 Å². The summed E-state index contributed by atoms with van der Waals surface area (Å²) in [6.45, 7) is 0. The van der Waals surface area contributed by atoms with Crippen molar-refractivity contribution in [1.29, 1.82) is 0 Å². The van der Waals surface area contributed by atoms with E-state index in [0.717, 1.165) is 17.1 Å². The van der Waals surface area contributed by atoms with Crippen molar-refractivity contribution >= 4 is 16.0 Å². The molecule has 2 aromatic rings. The number of hydrogen-bond donors (Lipinski definition) is 1. The molecule has 0 spiro atoms. The highest BCUT2D eigenvalue weighted by molar-refractivity contribution is 8.33. The maximum Gasteiger partial charge on any atom is 0.135 e. The zero-order chi connectivity index (χ0) is 12.3. The van der Waals surface area contributed by atoms with Crippen LogP contribution in [0.1, 0.15) is 0 Å². The van der Waals surface area contributed by atoms with Gasteiger partial charge in [0, 0.05) is 5.56 Å². The van der Waals surface area contributed by atoms with E-state index in [1.807, 2.05) is 36.4 Å². The molecule has 1 heterocycles. The molecule has 0 saturated heterocycles. The summed E-state index contributed by atoms with van der Waals surface area (Å²) in [5.74, 6) is 0.953. The number of rotatable bonds is 3. The first kappa shape index (κ1) is 12.0. The highest BCUT2D eigenvalue weighted by atomic mass is 32.3. The first-order chi connectivity index (χ1) is 8.04. The summed E-state index contributed by atoms with van der Waals surface area (Å²) in [7, 11) is -0.789. The minimum absolute atomic E-state index is 0.789. The van der Waals surface area contributed by atoms with E-state index in [-0.39, 0.29) is 0 Å². The van der Waals surface area contributed by atoms with Crippen LogP contribution in [0, 0.1) is 0 Å². The van der Waals surface area contributed by atoms with Crippen LogP contribution in [-0.4, -0.2) is 23.8 Å². The summed E-state index contributed by atoms with van der Waals surface area (Å²) in [6.07, 6.45) is 6.64. The van der Waals surface area contributed by atoms with Gasteiger partial charge in [0.25, 0.3) is 0 Å². The largest absolute Gasteiger partial charge is 0.333 e. The number of aromatic nitrogens is 1. The normalized spacial score (nSPS) is 12.2. The Hall–Kier alpha value is -1.48. The van der Waals surface area contributed by atoms with Crippen LogP contribution in [0.4, 0.5) is 5.82 Å². The molecule has 2 rings (SSSR count). The van der Waals surface area contributed by atoms with Crippen molar-refractivity contribution in [3.05, 3.63) is 48.5 Å². The zero-order valence-corrected chi connectivity index (χ0v) is 11.3. The topological polar surface area (TPSA) is 24.9 Å². The molecule has 0 bridgehead atoms. The molecule has 0 amide bonds. The van der Waals surface area contributed by atoms with Crippen molar-refractivity contribution in [2.45, 2.75) is 0 Å². The van der Waals surface area contributed by atoms with Crippen molar-refractivity contribution in [3.8, 4) is 11.3 Å². The molecule has 0 radical (unpaired) electrons. The molecule has 1 aromatic carbocycles. The van der Waals surface area contributed by atoms with E-state index in [1.54, 1.807) is 0 Å². The lowest BCUT2D eigenvalue weighted by molar-refractivity contribution is 1.33. The minimum Gasteiger partial charge on any atom is -0.333 e. The fourth-order valence-electron chi connectivity index (χ4n) is 1.57. The molecule has 0 aliphatic heterocycles. The first-order valence-corrected chi connectivity index (χ1v) is 8.39. The lowest BCUT2D eigenvalue weighted by atomic mass is 10.1. The summed E-state index contributed by atoms with van der Waals surface area (Å²) in [5.41, 5.74) is 2.17. The van der Waals surface area contributed by atoms with Gasteiger partial charge in [-0.25, -0.2) is 4.98 Å². The Labute approximate surface area is 105 Å². The van der Waals surface area contributed by atoms with Gasteiger partial charge in [0.15, 0.2) is 0 Å². The van der Waals surface area contributed by atoms with Crippen LogP contribution >= 0.6 is 10.2 Å². The number of hydrogen-bond acceptors (Lipinski definition) is 2. The standard InChI is InChI=1S/C14H18N2S/c1-17(2,3)16-14-11-7-10-13(15-14)12-8-5-4-6-9-12/h4-11H,1-3H3,(H,15,16). The van der Waals surface area contributed by atoms with Gasteiger partial charge in [-0.2, -0.15) is 10.2 Å². The van der Waals surface area contributed by atoms with E-state index in [2.05, 4.69) is 40.6 Å². The average Bonchev–Trinajstić information content (AvgIpc) is 2.28. The zero-order valence-electron chi connectivity index (χ0n) is 10.5. The number of benzene rings is 1. The van der Waals surface area contributed by atoms with Gasteiger partial charge >= 0.3 is 0 Å². The van der Waals surface area contributed by atoms with E-state index in [9.17, 15) is 0 Å². The molecule has 0 fully saturated rings. The third kappa shape index (κ3) is 3.49. The Morgan fingerprint density at radius 1 is 0.882 bits per heavy atom. The quantitative estimate of drug-likeness (QED) is 0.891. The van der Waals surface area contributed by atoms with Crippen molar-refractivity contribution in [3.63, 3.8) is 0 Å². The molecule has 17 heavy (non-hydrogen) atoms. The van der Waals surface area contributed by atoms with Crippen LogP contribution in [0.5, 0.6) is 0 Å². The Morgan fingerprint density at radius 2 is 1.59 bits per heavy atom. The number of nitrogens with one attached hydrogen (secondary N) is 1. The molecular formula is C14H18N2S. The van der Waals surface area contributed by atoms with Crippen LogP contribution < -0.4 is 4.72 Å². The third-order valence-corrected chi connectivity index (χ3v) is 3.05. The summed E-state index contributed by atoms with van der Waals surface area (Å²) >= 11 is 0. The monoisotopic (exact) mass is 246 g/mol. The second kappa shape index (κ2) is 4.80. The summed E-state index contributed by atoms with van der Waals surface area (Å²) in [4.78, 5) is 4.64. The molecule has 0 aliphatic rings. The molecule has 2 nitrogen and oxygen atoms in total. The molecule has 1 N–H and O–H groups in total. The number of anilines is 1. The van der Waals surface area contributed by atoms with Crippen LogP contribution in [0.15, 0.2) is 48.5 Å². The van der Waals surface area contributed by atoms with Gasteiger partial charge in [0.2, 0.25) is 0 Å². The van der Waals surface area contributed by atoms with E-state index in [0.29, 0.717) is 0 Å². The summed E-state index contributed by atoms with van der Waals surface area (Å²) in [5, 5.41) is 0. The SMILES string of the molecule is CS(C)(C)Nc1cccc(-c2ccccc2)n1. The molecule has 0 atom stereocenters. The summed E-state index contributed by atoms with van der Waals surface area (Å²) < 4.78 is 3.46. The van der Waals surface area contributed by atoms with E-state index < -0.39 is 10.2 Å². The average molecular weight is 246 g/mol. The highest BCUT2D eigenvalue weighted by Crippen LogP contribution is 2.34. The van der Waals surface area contributed by atoms with Gasteiger partial charge in [-0.1, -0.05) is 36.4 Å². The first-order valence-electron chi connectivity index (χ1n) is 5.53. The lowest BCUT2D eigenvalue weighted by Crippen LogP contribution is -2.06. The molecule has 0 unspecified atom stereocenters. The molecule has 90 valence electrons. The van der Waals surface area contributed by atoms with Crippen molar-refractivity contribution in [1.82, 2.24) is 4.98 Å². The minimum atomic E-state index is -0.789. The second-order valence-corrected chi connectivity index (χ2v) is 8.59. The van der Waals surface area contributed by atoms with Crippen LogP contribution in [0.25, 0.3) is 11.3 Å². The van der Waals surface area contributed by atoms with Gasteiger partial charge in [-0.3, -0.25) is 0 Å². The van der Waals surface area contributed by atoms with E-state index >= 15 is 0 Å². The fourth-order valence-corrected chi connectivity index (χ4v) is 2.32. The maximum atomic E-state index is 4.64. The van der Waals surface area contributed by atoms with Gasteiger partial charge < -0.3 is 4.72 Å². The predicted octanol–water partition coefficient (Wildman–Crippen LogP) is 3.77. The highest BCUT2D eigenvalue weighted by Gasteiger charge is 2.05. The predicted molar refractivity (Wildman–Crippen MR) is 78.7 cm³/mol.